The molecule has 5 nitrogen and oxygen atoms in total. The van der Waals surface area contributed by atoms with E-state index in [4.69, 9.17) is 4.74 Å². The third-order valence-corrected chi connectivity index (χ3v) is 5.95. The smallest absolute Gasteiger partial charge is 0.265 e. The first-order chi connectivity index (χ1) is 14.3. The summed E-state index contributed by atoms with van der Waals surface area (Å²) in [6, 6.07) is 13.7. The van der Waals surface area contributed by atoms with E-state index in [1.807, 2.05) is 35.2 Å². The second-order valence-electron chi connectivity index (χ2n) is 9.25. The first-order valence-electron chi connectivity index (χ1n) is 10.8. The molecule has 2 amide bonds. The van der Waals surface area contributed by atoms with Gasteiger partial charge in [-0.3, -0.25) is 9.59 Å². The topological polar surface area (TPSA) is 49.9 Å². The van der Waals surface area contributed by atoms with Crippen molar-refractivity contribution in [3.05, 3.63) is 59.2 Å². The highest BCUT2D eigenvalue weighted by Crippen LogP contribution is 2.37. The van der Waals surface area contributed by atoms with Crippen LogP contribution in [0.3, 0.4) is 0 Å². The Kier molecular flexibility index (Phi) is 5.54. The Morgan fingerprint density at radius 1 is 1.00 bits per heavy atom. The van der Waals surface area contributed by atoms with Crippen molar-refractivity contribution in [1.82, 2.24) is 4.90 Å². The summed E-state index contributed by atoms with van der Waals surface area (Å²) in [6.07, 6.45) is 3.37. The van der Waals surface area contributed by atoms with Crippen LogP contribution in [-0.2, 0) is 16.8 Å². The molecule has 0 unspecified atom stereocenters. The maximum Gasteiger partial charge on any atom is 0.265 e. The average Bonchev–Trinajstić information content (AvgIpc) is 2.75. The molecule has 0 atom stereocenters. The molecular formula is C25H30N2O3. The minimum absolute atomic E-state index is 0.0162. The van der Waals surface area contributed by atoms with Gasteiger partial charge in [-0.2, -0.15) is 0 Å². The van der Waals surface area contributed by atoms with Gasteiger partial charge in [0.15, 0.2) is 6.61 Å². The Morgan fingerprint density at radius 2 is 1.70 bits per heavy atom. The Morgan fingerprint density at radius 3 is 2.37 bits per heavy atom. The molecule has 0 spiro atoms. The van der Waals surface area contributed by atoms with E-state index in [9.17, 15) is 9.59 Å². The van der Waals surface area contributed by atoms with Crippen LogP contribution in [0.5, 0.6) is 5.75 Å². The normalized spacial score (nSPS) is 16.8. The van der Waals surface area contributed by atoms with Gasteiger partial charge in [0.1, 0.15) is 5.75 Å². The molecule has 30 heavy (non-hydrogen) atoms. The lowest BCUT2D eigenvalue weighted by molar-refractivity contribution is -0.121. The molecular weight excluding hydrogens is 376 g/mol. The number of amides is 2. The van der Waals surface area contributed by atoms with E-state index in [1.54, 1.807) is 4.90 Å². The lowest BCUT2D eigenvalue weighted by Crippen LogP contribution is -2.38. The molecule has 0 aliphatic carbocycles. The first-order valence-corrected chi connectivity index (χ1v) is 10.8. The van der Waals surface area contributed by atoms with Crippen molar-refractivity contribution in [3.8, 4) is 5.75 Å². The quantitative estimate of drug-likeness (QED) is 0.752. The van der Waals surface area contributed by atoms with Gasteiger partial charge >= 0.3 is 0 Å². The Balaban J connectivity index is 1.54. The summed E-state index contributed by atoms with van der Waals surface area (Å²) < 4.78 is 5.65. The van der Waals surface area contributed by atoms with Crippen LogP contribution in [0.1, 0.15) is 61.5 Å². The van der Waals surface area contributed by atoms with Gasteiger partial charge in [0.05, 0.1) is 12.2 Å². The minimum atomic E-state index is -0.0537. The lowest BCUT2D eigenvalue weighted by atomic mass is 9.86. The molecule has 0 bridgehead atoms. The molecule has 5 heteroatoms. The highest BCUT2D eigenvalue weighted by atomic mass is 16.5. The molecule has 0 aromatic heterocycles. The number of benzene rings is 2. The van der Waals surface area contributed by atoms with Crippen LogP contribution in [0.15, 0.2) is 42.5 Å². The molecule has 0 radical (unpaired) electrons. The zero-order valence-corrected chi connectivity index (χ0v) is 18.1. The number of ether oxygens (including phenoxy) is 1. The van der Waals surface area contributed by atoms with Crippen molar-refractivity contribution < 1.29 is 14.3 Å². The van der Waals surface area contributed by atoms with E-state index in [1.165, 1.54) is 6.42 Å². The minimum Gasteiger partial charge on any atom is -0.482 e. The molecule has 1 saturated heterocycles. The van der Waals surface area contributed by atoms with Crippen molar-refractivity contribution in [2.45, 2.75) is 52.0 Å². The second-order valence-corrected chi connectivity index (χ2v) is 9.25. The molecule has 2 heterocycles. The molecule has 4 rings (SSSR count). The maximum atomic E-state index is 12.7. The molecule has 158 valence electrons. The molecule has 2 aromatic rings. The fraction of sp³-hybridized carbons (Fsp3) is 0.440. The van der Waals surface area contributed by atoms with Crippen molar-refractivity contribution in [2.24, 2.45) is 0 Å². The van der Waals surface area contributed by atoms with Gasteiger partial charge in [0.25, 0.3) is 11.8 Å². The van der Waals surface area contributed by atoms with Gasteiger partial charge in [0.2, 0.25) is 0 Å². The average molecular weight is 407 g/mol. The van der Waals surface area contributed by atoms with Gasteiger partial charge in [-0.05, 0) is 60.1 Å². The Bertz CT molecular complexity index is 938. The van der Waals surface area contributed by atoms with Crippen molar-refractivity contribution >= 4 is 17.5 Å². The fourth-order valence-corrected chi connectivity index (χ4v) is 4.06. The van der Waals surface area contributed by atoms with E-state index in [2.05, 4.69) is 32.9 Å². The summed E-state index contributed by atoms with van der Waals surface area (Å²) in [5, 5.41) is 0. The van der Waals surface area contributed by atoms with E-state index in [0.717, 1.165) is 48.5 Å². The highest BCUT2D eigenvalue weighted by molar-refractivity contribution is 5.98. The van der Waals surface area contributed by atoms with Gasteiger partial charge < -0.3 is 14.5 Å². The number of piperidine rings is 1. The third kappa shape index (κ3) is 4.20. The van der Waals surface area contributed by atoms with E-state index in [0.29, 0.717) is 12.1 Å². The zero-order valence-electron chi connectivity index (χ0n) is 18.1. The third-order valence-electron chi connectivity index (χ3n) is 5.95. The maximum absolute atomic E-state index is 12.7. The van der Waals surface area contributed by atoms with Crippen molar-refractivity contribution in [1.29, 1.82) is 0 Å². The van der Waals surface area contributed by atoms with Crippen LogP contribution in [0.25, 0.3) is 0 Å². The summed E-state index contributed by atoms with van der Waals surface area (Å²) in [5.41, 5.74) is 3.66. The molecule has 2 aliphatic heterocycles. The molecule has 0 saturated carbocycles. The van der Waals surface area contributed by atoms with Crippen LogP contribution in [0.2, 0.25) is 0 Å². The number of hydrogen-bond acceptors (Lipinski definition) is 3. The van der Waals surface area contributed by atoms with Crippen molar-refractivity contribution in [3.63, 3.8) is 0 Å². The number of rotatable bonds is 3. The van der Waals surface area contributed by atoms with Crippen LogP contribution in [0.4, 0.5) is 5.69 Å². The van der Waals surface area contributed by atoms with E-state index >= 15 is 0 Å². The van der Waals surface area contributed by atoms with Crippen LogP contribution < -0.4 is 9.64 Å². The fourth-order valence-electron chi connectivity index (χ4n) is 4.06. The lowest BCUT2D eigenvalue weighted by Gasteiger charge is -2.31. The number of carbonyl (C=O) groups is 2. The summed E-state index contributed by atoms with van der Waals surface area (Å²) in [6.45, 7) is 8.66. The van der Waals surface area contributed by atoms with Gasteiger partial charge in [-0.25, -0.2) is 0 Å². The Hall–Kier alpha value is -2.82. The van der Waals surface area contributed by atoms with E-state index in [-0.39, 0.29) is 23.8 Å². The van der Waals surface area contributed by atoms with E-state index < -0.39 is 0 Å². The van der Waals surface area contributed by atoms with Gasteiger partial charge in [0, 0.05) is 18.7 Å². The van der Waals surface area contributed by atoms with Crippen molar-refractivity contribution in [2.75, 3.05) is 24.6 Å². The van der Waals surface area contributed by atoms with Crippen LogP contribution >= 0.6 is 0 Å². The number of anilines is 1. The first kappa shape index (κ1) is 20.5. The number of hydrogen-bond donors (Lipinski definition) is 0. The zero-order chi connectivity index (χ0) is 21.3. The number of nitrogens with zero attached hydrogens (tertiary/aromatic N) is 2. The number of fused-ring (bicyclic) bond motifs is 1. The van der Waals surface area contributed by atoms with Gasteiger partial charge in [-0.1, -0.05) is 39.0 Å². The summed E-state index contributed by atoms with van der Waals surface area (Å²) in [5.74, 6) is 0.783. The summed E-state index contributed by atoms with van der Waals surface area (Å²) >= 11 is 0. The van der Waals surface area contributed by atoms with Gasteiger partial charge in [-0.15, -0.1) is 0 Å². The largest absolute Gasteiger partial charge is 0.482 e. The standard InChI is InChI=1S/C25H30N2O3/c1-25(2,3)20-11-12-22-21(15-20)27(23(28)17-30-22)16-18-7-9-19(10-8-18)24(29)26-13-5-4-6-14-26/h7-12,15H,4-6,13-14,16-17H2,1-3H3. The molecule has 0 N–H and O–H groups in total. The second kappa shape index (κ2) is 8.13. The Labute approximate surface area is 178 Å². The SMILES string of the molecule is CC(C)(C)c1ccc2c(c1)N(Cc1ccc(C(=O)N3CCCCC3)cc1)C(=O)CO2. The summed E-state index contributed by atoms with van der Waals surface area (Å²) in [4.78, 5) is 29.1. The molecule has 2 aromatic carbocycles. The summed E-state index contributed by atoms with van der Waals surface area (Å²) in [7, 11) is 0. The molecule has 2 aliphatic rings. The predicted octanol–water partition coefficient (Wildman–Crippen LogP) is 4.54. The van der Waals surface area contributed by atoms with Crippen LogP contribution in [0, 0.1) is 0 Å². The number of carbonyl (C=O) groups excluding carboxylic acids is 2. The predicted molar refractivity (Wildman–Crippen MR) is 118 cm³/mol. The number of likely N-dealkylation sites (tertiary alicyclic amines) is 1. The highest BCUT2D eigenvalue weighted by Gasteiger charge is 2.28. The molecule has 1 fully saturated rings. The monoisotopic (exact) mass is 406 g/mol. The van der Waals surface area contributed by atoms with Crippen LogP contribution in [-0.4, -0.2) is 36.4 Å².